The van der Waals surface area contributed by atoms with E-state index in [4.69, 9.17) is 0 Å². The lowest BCUT2D eigenvalue weighted by molar-refractivity contribution is 0.657. The van der Waals surface area contributed by atoms with Crippen molar-refractivity contribution in [1.29, 1.82) is 0 Å². The van der Waals surface area contributed by atoms with Gasteiger partial charge in [-0.15, -0.1) is 0 Å². The number of para-hydroxylation sites is 1. The van der Waals surface area contributed by atoms with Crippen LogP contribution in [0.4, 0.5) is 0 Å². The summed E-state index contributed by atoms with van der Waals surface area (Å²) in [6.07, 6.45) is 0. The first-order valence-corrected chi connectivity index (χ1v) is 3.56. The Kier molecular flexibility index (Phi) is 1.24. The van der Waals surface area contributed by atoms with Gasteiger partial charge in [0.2, 0.25) is 0 Å². The molecule has 0 aliphatic rings. The van der Waals surface area contributed by atoms with E-state index in [1.807, 2.05) is 0 Å². The molecular formula is C8H7N2O2-. The molecule has 0 unspecified atom stereocenters. The lowest BCUT2D eigenvalue weighted by atomic mass is 10.3. The third-order valence-electron chi connectivity index (χ3n) is 1.91. The van der Waals surface area contributed by atoms with Crippen LogP contribution in [0.15, 0.2) is 29.1 Å². The van der Waals surface area contributed by atoms with Gasteiger partial charge in [-0.2, -0.15) is 0 Å². The van der Waals surface area contributed by atoms with E-state index in [0.717, 1.165) is 4.68 Å². The minimum Gasteiger partial charge on any atom is -0.791 e. The molecule has 2 rings (SSSR count). The van der Waals surface area contributed by atoms with Crippen LogP contribution in [0.1, 0.15) is 0 Å². The highest BCUT2D eigenvalue weighted by Gasteiger charge is 2.02. The van der Waals surface area contributed by atoms with Crippen molar-refractivity contribution in [3.05, 3.63) is 39.8 Å². The maximum absolute atomic E-state index is 11.3. The van der Waals surface area contributed by atoms with Gasteiger partial charge in [0.05, 0.1) is 10.9 Å². The summed E-state index contributed by atoms with van der Waals surface area (Å²) in [7, 11) is 1.45. The Morgan fingerprint density at radius 3 is 2.67 bits per heavy atom. The summed E-state index contributed by atoms with van der Waals surface area (Å²) in [5.41, 5.74) is 0.172. The van der Waals surface area contributed by atoms with E-state index in [1.165, 1.54) is 7.05 Å². The first-order valence-electron chi connectivity index (χ1n) is 3.56. The molecule has 0 atom stereocenters. The minimum absolute atomic E-state index is 0.249. The Bertz CT molecular complexity index is 481. The predicted octanol–water partition coefficient (Wildman–Crippen LogP) is 0.686. The normalized spacial score (nSPS) is 10.8. The van der Waals surface area contributed by atoms with Gasteiger partial charge in [-0.25, -0.2) is 0 Å². The van der Waals surface area contributed by atoms with Gasteiger partial charge in [0.25, 0.3) is 5.56 Å². The summed E-state index contributed by atoms with van der Waals surface area (Å²) in [5, 5.41) is 11.7. The van der Waals surface area contributed by atoms with Gasteiger partial charge in [0, 0.05) is 7.05 Å². The molecule has 0 bridgehead atoms. The molecule has 0 spiro atoms. The summed E-state index contributed by atoms with van der Waals surface area (Å²) in [6, 6.07) is 6.75. The Hall–Kier alpha value is -1.71. The minimum atomic E-state index is -0.249. The second-order valence-electron chi connectivity index (χ2n) is 2.62. The van der Waals surface area contributed by atoms with Crippen molar-refractivity contribution in [3.8, 4) is 0 Å². The number of rotatable bonds is 0. The summed E-state index contributed by atoms with van der Waals surface area (Å²) in [6.45, 7) is 0. The monoisotopic (exact) mass is 163 g/mol. The Morgan fingerprint density at radius 1 is 1.33 bits per heavy atom. The molecule has 0 radical (unpaired) electrons. The third-order valence-corrected chi connectivity index (χ3v) is 1.91. The SMILES string of the molecule is Cn1c(=O)c2ccccc2n1[O-]. The highest BCUT2D eigenvalue weighted by molar-refractivity contribution is 5.78. The number of benzene rings is 1. The van der Waals surface area contributed by atoms with E-state index in [9.17, 15) is 10.0 Å². The van der Waals surface area contributed by atoms with E-state index in [0.29, 0.717) is 15.7 Å². The smallest absolute Gasteiger partial charge is 0.274 e. The molecule has 1 aromatic heterocycles. The van der Waals surface area contributed by atoms with E-state index in [2.05, 4.69) is 0 Å². The summed E-state index contributed by atoms with van der Waals surface area (Å²) in [5.74, 6) is 0. The van der Waals surface area contributed by atoms with E-state index < -0.39 is 0 Å². The second kappa shape index (κ2) is 2.14. The van der Waals surface area contributed by atoms with Gasteiger partial charge >= 0.3 is 0 Å². The van der Waals surface area contributed by atoms with Crippen LogP contribution in [-0.2, 0) is 7.05 Å². The molecule has 0 N–H and O–H groups in total. The maximum atomic E-state index is 11.3. The van der Waals surface area contributed by atoms with Crippen LogP contribution in [0.3, 0.4) is 0 Å². The van der Waals surface area contributed by atoms with Crippen LogP contribution in [0.5, 0.6) is 0 Å². The standard InChI is InChI=1S/C8H7N2O2/c1-9-8(11)6-4-2-3-5-7(6)10(9)12/h2-5H,1H3/q-1. The van der Waals surface area contributed by atoms with Crippen molar-refractivity contribution < 1.29 is 0 Å². The highest BCUT2D eigenvalue weighted by atomic mass is 16.5. The molecule has 0 fully saturated rings. The fourth-order valence-corrected chi connectivity index (χ4v) is 1.24. The zero-order valence-electron chi connectivity index (χ0n) is 6.52. The van der Waals surface area contributed by atoms with Gasteiger partial charge < -0.3 is 10.1 Å². The van der Waals surface area contributed by atoms with Crippen LogP contribution in [-0.4, -0.2) is 9.53 Å². The molecule has 62 valence electrons. The topological polar surface area (TPSA) is 50.0 Å². The molecule has 4 nitrogen and oxygen atoms in total. The van der Waals surface area contributed by atoms with E-state index >= 15 is 0 Å². The average molecular weight is 163 g/mol. The number of aromatic nitrogens is 2. The zero-order valence-corrected chi connectivity index (χ0v) is 6.52. The molecule has 1 aromatic carbocycles. The second-order valence-corrected chi connectivity index (χ2v) is 2.62. The van der Waals surface area contributed by atoms with Crippen molar-refractivity contribution in [2.45, 2.75) is 0 Å². The van der Waals surface area contributed by atoms with Crippen LogP contribution >= 0.6 is 0 Å². The third kappa shape index (κ3) is 0.689. The molecule has 1 heterocycles. The predicted molar refractivity (Wildman–Crippen MR) is 45.9 cm³/mol. The molecule has 4 heteroatoms. The molecule has 0 saturated heterocycles. The van der Waals surface area contributed by atoms with Crippen LogP contribution in [0.25, 0.3) is 10.9 Å². The molecule has 0 saturated carbocycles. The van der Waals surface area contributed by atoms with Crippen molar-refractivity contribution in [1.82, 2.24) is 9.53 Å². The van der Waals surface area contributed by atoms with Gasteiger partial charge in [0.1, 0.15) is 0 Å². The molecule has 0 amide bonds. The van der Waals surface area contributed by atoms with Gasteiger partial charge in [-0.05, 0) is 12.1 Å². The Morgan fingerprint density at radius 2 is 2.00 bits per heavy atom. The van der Waals surface area contributed by atoms with Crippen LogP contribution < -0.4 is 5.56 Å². The lowest BCUT2D eigenvalue weighted by Crippen LogP contribution is -2.15. The molecule has 0 aliphatic heterocycles. The first-order chi connectivity index (χ1) is 5.72. The number of hydrogen-bond donors (Lipinski definition) is 0. The molecule has 0 aliphatic carbocycles. The lowest BCUT2D eigenvalue weighted by Gasteiger charge is -2.10. The Balaban J connectivity index is 3.09. The van der Waals surface area contributed by atoms with Crippen LogP contribution in [0, 0.1) is 5.21 Å². The maximum Gasteiger partial charge on any atom is 0.274 e. The largest absolute Gasteiger partial charge is 0.791 e. The average Bonchev–Trinajstić information content (AvgIpc) is 2.33. The van der Waals surface area contributed by atoms with E-state index in [1.54, 1.807) is 24.3 Å². The first kappa shape index (κ1) is 6.97. The van der Waals surface area contributed by atoms with Crippen molar-refractivity contribution in [3.63, 3.8) is 0 Å². The van der Waals surface area contributed by atoms with Crippen molar-refractivity contribution >= 4 is 10.9 Å². The number of hydrogen-bond acceptors (Lipinski definition) is 2. The quantitative estimate of drug-likeness (QED) is 0.573. The Labute approximate surface area is 68.2 Å². The molecule has 12 heavy (non-hydrogen) atoms. The zero-order chi connectivity index (χ0) is 8.72. The molecule has 2 aromatic rings. The van der Waals surface area contributed by atoms with Crippen molar-refractivity contribution in [2.24, 2.45) is 7.05 Å². The number of fused-ring (bicyclic) bond motifs is 1. The van der Waals surface area contributed by atoms with Gasteiger partial charge in [-0.1, -0.05) is 12.1 Å². The fraction of sp³-hybridized carbons (Fsp3) is 0.125. The van der Waals surface area contributed by atoms with Gasteiger partial charge in [-0.3, -0.25) is 9.48 Å². The summed E-state index contributed by atoms with van der Waals surface area (Å²) >= 11 is 0. The van der Waals surface area contributed by atoms with Crippen molar-refractivity contribution in [2.75, 3.05) is 0 Å². The fourth-order valence-electron chi connectivity index (χ4n) is 1.24. The highest BCUT2D eigenvalue weighted by Crippen LogP contribution is 2.07. The summed E-state index contributed by atoms with van der Waals surface area (Å²) < 4.78 is 1.05. The van der Waals surface area contributed by atoms with E-state index in [-0.39, 0.29) is 5.56 Å². The van der Waals surface area contributed by atoms with Gasteiger partial charge in [0.15, 0.2) is 0 Å². The number of nitrogens with zero attached hydrogens (tertiary/aromatic N) is 2. The van der Waals surface area contributed by atoms with Crippen LogP contribution in [0.2, 0.25) is 0 Å². The molecular weight excluding hydrogens is 156 g/mol. The summed E-state index contributed by atoms with van der Waals surface area (Å²) in [4.78, 5) is 11.9.